The fourth-order valence-electron chi connectivity index (χ4n) is 6.29. The van der Waals surface area contributed by atoms with Crippen LogP contribution in [0.15, 0.2) is 143 Å². The molecule has 0 fully saturated rings. The van der Waals surface area contributed by atoms with E-state index >= 15 is 0 Å². The first kappa shape index (κ1) is 47.4. The molecule has 8 aromatic rings. The van der Waals surface area contributed by atoms with E-state index in [1.807, 2.05) is 66.7 Å². The van der Waals surface area contributed by atoms with Crippen molar-refractivity contribution in [2.24, 2.45) is 0 Å². The van der Waals surface area contributed by atoms with Gasteiger partial charge in [-0.2, -0.15) is 16.8 Å². The number of ether oxygens (including phenoxy) is 2. The summed E-state index contributed by atoms with van der Waals surface area (Å²) in [5, 5.41) is 30.7. The summed E-state index contributed by atoms with van der Waals surface area (Å²) in [4.78, 5) is 11.6. The summed E-state index contributed by atoms with van der Waals surface area (Å²) >= 11 is 0. The van der Waals surface area contributed by atoms with Crippen LogP contribution in [0.2, 0.25) is 0 Å². The number of carbonyl (C=O) groups excluding carboxylic acids is 1. The smallest absolute Gasteiger partial charge is 0.425 e. The molecule has 0 saturated carbocycles. The van der Waals surface area contributed by atoms with Gasteiger partial charge in [0.2, 0.25) is 0 Å². The first-order chi connectivity index (χ1) is 30.2. The molecule has 0 aliphatic rings. The van der Waals surface area contributed by atoms with Gasteiger partial charge in [0.15, 0.2) is 0 Å². The number of nitrogen functional groups attached to an aromatic ring is 2. The Hall–Kier alpha value is -7.69. The zero-order valence-corrected chi connectivity index (χ0v) is 35.9. The predicted molar refractivity (Wildman–Crippen MR) is 243 cm³/mol. The molecule has 0 spiro atoms. The average Bonchev–Trinajstić information content (AvgIpc) is 3.22. The molecule has 0 heterocycles. The standard InChI is InChI=1S/C22H18N2O6S.C11H11NO.C10H9NO4S.O3S/c1-30-21-4-2-3-13-9-15(6-8-19(13)21)23-22(26)24-16-5-7-18-14(10-16)11-17(12-20(18)25)31(27,28)29;1-13-11-4-2-3-8-7-9(12)5-6-10(8)11;11-7-1-2-9-6(3-7)4-8(5-10(9)12)16(13,14)15;1-4(2)3/h2-12,25H,1H3,(H2,23,24,26)(H,27,28,29);2-7H,12H2,1H3;1-5,12H,11H2,(H,13,14,15);. The second-order valence-corrected chi connectivity index (χ2v) is 16.6. The van der Waals surface area contributed by atoms with Gasteiger partial charge in [-0.1, -0.05) is 24.3 Å². The molecule has 0 bridgehead atoms. The Labute approximate surface area is 366 Å². The topological polar surface area (TPSA) is 312 Å². The Balaban J connectivity index is 0.000000194. The third-order valence-corrected chi connectivity index (χ3v) is 10.8. The Morgan fingerprint density at radius 3 is 1.31 bits per heavy atom. The first-order valence-electron chi connectivity index (χ1n) is 18.1. The number of hydrogen-bond acceptors (Lipinski definition) is 14. The number of hydrogen-bond donors (Lipinski definition) is 8. The normalized spacial score (nSPS) is 10.9. The lowest BCUT2D eigenvalue weighted by molar-refractivity contribution is 0.262. The SMILES string of the molecule is COc1cccc2cc(N)ccc12.COc1cccc2cc(NC(=O)Nc3ccc4c(O)cc(S(=O)(=O)O)cc4c3)ccc12.Nc1ccc2c(O)cc(S(=O)(=O)O)cc2c1.O=S(=O)=O. The van der Waals surface area contributed by atoms with Crippen molar-refractivity contribution in [2.45, 2.75) is 9.79 Å². The number of carbonyl (C=O) groups is 1. The molecule has 0 radical (unpaired) electrons. The number of fused-ring (bicyclic) bond motifs is 4. The summed E-state index contributed by atoms with van der Waals surface area (Å²) in [5.74, 6) is 1.10. The van der Waals surface area contributed by atoms with Crippen molar-refractivity contribution >= 4 is 103 Å². The number of anilines is 4. The molecule has 0 aliphatic carbocycles. The lowest BCUT2D eigenvalue weighted by Crippen LogP contribution is -2.19. The monoisotopic (exact) mass is 930 g/mol. The minimum atomic E-state index is -4.49. The largest absolute Gasteiger partial charge is 0.507 e. The number of phenolic OH excluding ortho intramolecular Hbond substituents is 2. The maximum Gasteiger partial charge on any atom is 0.425 e. The highest BCUT2D eigenvalue weighted by atomic mass is 32.2. The maximum absolute atomic E-state index is 12.4. The summed E-state index contributed by atoms with van der Waals surface area (Å²) < 4.78 is 98.6. The molecule has 18 nitrogen and oxygen atoms in total. The van der Waals surface area contributed by atoms with Gasteiger partial charge in [0.05, 0.1) is 24.0 Å². The minimum Gasteiger partial charge on any atom is -0.507 e. The molecule has 10 N–H and O–H groups in total. The van der Waals surface area contributed by atoms with Crippen LogP contribution in [0.3, 0.4) is 0 Å². The Morgan fingerprint density at radius 1 is 0.516 bits per heavy atom. The molecule has 8 aromatic carbocycles. The number of phenols is 2. The summed E-state index contributed by atoms with van der Waals surface area (Å²) in [6.45, 7) is 0. The highest BCUT2D eigenvalue weighted by Crippen LogP contribution is 2.33. The van der Waals surface area contributed by atoms with E-state index in [1.165, 1.54) is 30.3 Å². The maximum atomic E-state index is 12.4. The third-order valence-electron chi connectivity index (χ3n) is 9.09. The number of benzene rings is 8. The van der Waals surface area contributed by atoms with Crippen LogP contribution in [0.25, 0.3) is 43.1 Å². The molecule has 21 heteroatoms. The van der Waals surface area contributed by atoms with Gasteiger partial charge in [-0.3, -0.25) is 9.11 Å². The van der Waals surface area contributed by atoms with Crippen LogP contribution < -0.4 is 31.6 Å². The van der Waals surface area contributed by atoms with Gasteiger partial charge in [0, 0.05) is 56.4 Å². The number of urea groups is 1. The molecule has 0 saturated heterocycles. The van der Waals surface area contributed by atoms with E-state index in [0.717, 1.165) is 50.9 Å². The number of aromatic hydroxyl groups is 2. The highest BCUT2D eigenvalue weighted by Gasteiger charge is 2.15. The summed E-state index contributed by atoms with van der Waals surface area (Å²) in [6.07, 6.45) is 0. The zero-order chi connectivity index (χ0) is 46.9. The van der Waals surface area contributed by atoms with Crippen molar-refractivity contribution in [1.29, 1.82) is 0 Å². The van der Waals surface area contributed by atoms with Gasteiger partial charge in [0.25, 0.3) is 20.2 Å². The van der Waals surface area contributed by atoms with Crippen LogP contribution in [0.5, 0.6) is 23.0 Å². The lowest BCUT2D eigenvalue weighted by atomic mass is 10.1. The quantitative estimate of drug-likeness (QED) is 0.0595. The molecule has 2 amide bonds. The molecule has 64 heavy (non-hydrogen) atoms. The number of nitrogens with one attached hydrogen (secondary N) is 2. The van der Waals surface area contributed by atoms with Crippen molar-refractivity contribution in [1.82, 2.24) is 0 Å². The molecule has 332 valence electrons. The Morgan fingerprint density at radius 2 is 0.875 bits per heavy atom. The van der Waals surface area contributed by atoms with E-state index in [2.05, 4.69) is 10.6 Å². The number of nitrogens with two attached hydrogens (primary N) is 2. The third kappa shape index (κ3) is 12.2. The van der Waals surface area contributed by atoms with E-state index in [-0.39, 0.29) is 16.4 Å². The van der Waals surface area contributed by atoms with Crippen molar-refractivity contribution in [3.05, 3.63) is 133 Å². The van der Waals surface area contributed by atoms with Crippen LogP contribution in [0.1, 0.15) is 0 Å². The van der Waals surface area contributed by atoms with E-state index in [4.69, 9.17) is 38.1 Å². The van der Waals surface area contributed by atoms with Gasteiger partial charge in [-0.25, -0.2) is 4.79 Å². The summed E-state index contributed by atoms with van der Waals surface area (Å²) in [6, 6.07) is 36.0. The van der Waals surface area contributed by atoms with Crippen molar-refractivity contribution < 1.29 is 63.0 Å². The van der Waals surface area contributed by atoms with Gasteiger partial charge >= 0.3 is 16.6 Å². The number of rotatable bonds is 6. The molecule has 0 atom stereocenters. The van der Waals surface area contributed by atoms with Crippen LogP contribution in [0, 0.1) is 0 Å². The highest BCUT2D eigenvalue weighted by molar-refractivity contribution is 7.86. The molecule has 8 rings (SSSR count). The van der Waals surface area contributed by atoms with Gasteiger partial charge in [0.1, 0.15) is 23.0 Å². The van der Waals surface area contributed by atoms with Crippen LogP contribution in [-0.2, 0) is 30.8 Å². The van der Waals surface area contributed by atoms with Crippen molar-refractivity contribution in [2.75, 3.05) is 36.3 Å². The fourth-order valence-corrected chi connectivity index (χ4v) is 7.37. The van der Waals surface area contributed by atoms with E-state index in [9.17, 15) is 36.4 Å². The summed E-state index contributed by atoms with van der Waals surface area (Å²) in [5.41, 5.74) is 13.4. The minimum absolute atomic E-state index is 0.217. The van der Waals surface area contributed by atoms with E-state index in [1.54, 1.807) is 38.5 Å². The van der Waals surface area contributed by atoms with Gasteiger partial charge in [-0.15, -0.1) is 12.6 Å². The van der Waals surface area contributed by atoms with Gasteiger partial charge < -0.3 is 41.8 Å². The number of methoxy groups -OCH3 is 2. The fraction of sp³-hybridized carbons (Fsp3) is 0.0465. The Kier molecular flexibility index (Phi) is 14.8. The van der Waals surface area contributed by atoms with Crippen LogP contribution >= 0.6 is 0 Å². The second kappa shape index (κ2) is 20.0. The van der Waals surface area contributed by atoms with Crippen LogP contribution in [0.4, 0.5) is 27.5 Å². The average molecular weight is 931 g/mol. The first-order valence-corrected chi connectivity index (χ1v) is 22.0. The number of amides is 2. The molecule has 0 aromatic heterocycles. The van der Waals surface area contributed by atoms with Crippen molar-refractivity contribution in [3.8, 4) is 23.0 Å². The lowest BCUT2D eigenvalue weighted by Gasteiger charge is -2.11. The molecular weight excluding hydrogens is 893 g/mol. The predicted octanol–water partition coefficient (Wildman–Crippen LogP) is 7.40. The Bertz CT molecular complexity index is 3400. The molecule has 0 unspecified atom stereocenters. The molecule has 0 aliphatic heterocycles. The van der Waals surface area contributed by atoms with E-state index in [0.29, 0.717) is 38.6 Å². The van der Waals surface area contributed by atoms with Crippen LogP contribution in [-0.4, -0.2) is 69.0 Å². The van der Waals surface area contributed by atoms with Gasteiger partial charge in [-0.05, 0) is 119 Å². The van der Waals surface area contributed by atoms with E-state index < -0.39 is 41.8 Å². The second-order valence-electron chi connectivity index (χ2n) is 13.4. The summed E-state index contributed by atoms with van der Waals surface area (Å²) in [7, 11) is -8.66. The van der Waals surface area contributed by atoms with Crippen molar-refractivity contribution in [3.63, 3.8) is 0 Å². The molecular formula is C43H38N4O14S3. The zero-order valence-electron chi connectivity index (χ0n) is 33.5.